The molecule has 0 amide bonds. The Morgan fingerprint density at radius 2 is 2.33 bits per heavy atom. The van der Waals surface area contributed by atoms with Gasteiger partial charge in [-0.1, -0.05) is 0 Å². The maximum Gasteiger partial charge on any atom is 0.147 e. The van der Waals surface area contributed by atoms with E-state index in [1.807, 2.05) is 19.3 Å². The molecular formula is C11H16N4. The van der Waals surface area contributed by atoms with Crippen molar-refractivity contribution in [2.75, 3.05) is 24.5 Å². The molecule has 4 heteroatoms. The number of fused-ring (bicyclic) bond motifs is 1. The second-order valence-electron chi connectivity index (χ2n) is 4.49. The van der Waals surface area contributed by atoms with E-state index in [0.29, 0.717) is 6.04 Å². The lowest BCUT2D eigenvalue weighted by atomic mass is 10.1. The second kappa shape index (κ2) is 3.45. The topological polar surface area (TPSA) is 41.1 Å². The minimum absolute atomic E-state index is 0.640. The summed E-state index contributed by atoms with van der Waals surface area (Å²) in [7, 11) is 0. The molecule has 0 aliphatic carbocycles. The SMILES string of the molecule is Cc1cncc(N2CC[C@@H]3CNC[C@H]32)n1. The summed E-state index contributed by atoms with van der Waals surface area (Å²) in [5, 5.41) is 3.45. The van der Waals surface area contributed by atoms with Crippen molar-refractivity contribution < 1.29 is 0 Å². The monoisotopic (exact) mass is 204 g/mol. The molecule has 4 nitrogen and oxygen atoms in total. The average molecular weight is 204 g/mol. The third kappa shape index (κ3) is 1.49. The standard InChI is InChI=1S/C11H16N4/c1-8-4-12-7-11(14-8)15-3-2-9-5-13-6-10(9)15/h4,7,9-10,13H,2-3,5-6H2,1H3/t9-,10-/m1/s1. The number of aryl methyl sites for hydroxylation is 1. The van der Waals surface area contributed by atoms with Gasteiger partial charge in [0.1, 0.15) is 5.82 Å². The van der Waals surface area contributed by atoms with Gasteiger partial charge in [0.05, 0.1) is 11.9 Å². The van der Waals surface area contributed by atoms with Crippen LogP contribution in [0.2, 0.25) is 0 Å². The van der Waals surface area contributed by atoms with Gasteiger partial charge in [-0.05, 0) is 19.3 Å². The van der Waals surface area contributed by atoms with Gasteiger partial charge in [0.15, 0.2) is 0 Å². The molecular weight excluding hydrogens is 188 g/mol. The lowest BCUT2D eigenvalue weighted by molar-refractivity contribution is 0.577. The van der Waals surface area contributed by atoms with Gasteiger partial charge in [0.2, 0.25) is 0 Å². The maximum atomic E-state index is 4.55. The average Bonchev–Trinajstić information content (AvgIpc) is 2.77. The van der Waals surface area contributed by atoms with E-state index in [0.717, 1.165) is 30.5 Å². The highest BCUT2D eigenvalue weighted by molar-refractivity contribution is 5.40. The Balaban J connectivity index is 1.88. The fourth-order valence-electron chi connectivity index (χ4n) is 2.72. The van der Waals surface area contributed by atoms with Crippen molar-refractivity contribution in [3.05, 3.63) is 18.1 Å². The van der Waals surface area contributed by atoms with Crippen LogP contribution in [0.25, 0.3) is 0 Å². The Kier molecular flexibility index (Phi) is 2.09. The zero-order chi connectivity index (χ0) is 10.3. The zero-order valence-electron chi connectivity index (χ0n) is 8.98. The van der Waals surface area contributed by atoms with E-state index < -0.39 is 0 Å². The molecule has 1 aromatic rings. The van der Waals surface area contributed by atoms with Crippen LogP contribution in [-0.4, -0.2) is 35.6 Å². The number of nitrogens with one attached hydrogen (secondary N) is 1. The Morgan fingerprint density at radius 1 is 1.40 bits per heavy atom. The van der Waals surface area contributed by atoms with Crippen LogP contribution >= 0.6 is 0 Å². The number of aromatic nitrogens is 2. The summed E-state index contributed by atoms with van der Waals surface area (Å²) in [6, 6.07) is 0.640. The maximum absolute atomic E-state index is 4.55. The van der Waals surface area contributed by atoms with E-state index >= 15 is 0 Å². The van der Waals surface area contributed by atoms with Crippen LogP contribution in [0.4, 0.5) is 5.82 Å². The van der Waals surface area contributed by atoms with Gasteiger partial charge >= 0.3 is 0 Å². The van der Waals surface area contributed by atoms with Gasteiger partial charge < -0.3 is 10.2 Å². The van der Waals surface area contributed by atoms with Crippen LogP contribution in [0, 0.1) is 12.8 Å². The van der Waals surface area contributed by atoms with E-state index in [1.165, 1.54) is 13.0 Å². The summed E-state index contributed by atoms with van der Waals surface area (Å²) in [6.07, 6.45) is 4.98. The van der Waals surface area contributed by atoms with Crippen molar-refractivity contribution in [1.29, 1.82) is 0 Å². The molecule has 0 aromatic carbocycles. The highest BCUT2D eigenvalue weighted by Gasteiger charge is 2.38. The molecule has 1 aromatic heterocycles. The van der Waals surface area contributed by atoms with Gasteiger partial charge in [-0.3, -0.25) is 4.98 Å². The van der Waals surface area contributed by atoms with E-state index in [2.05, 4.69) is 20.2 Å². The lowest BCUT2D eigenvalue weighted by Gasteiger charge is -2.24. The van der Waals surface area contributed by atoms with E-state index in [4.69, 9.17) is 0 Å². The predicted octanol–water partition coefficient (Wildman–Crippen LogP) is 0.583. The van der Waals surface area contributed by atoms with Crippen molar-refractivity contribution in [3.8, 4) is 0 Å². The quantitative estimate of drug-likeness (QED) is 0.726. The van der Waals surface area contributed by atoms with Gasteiger partial charge in [0.25, 0.3) is 0 Å². The van der Waals surface area contributed by atoms with Crippen molar-refractivity contribution >= 4 is 5.82 Å². The minimum atomic E-state index is 0.640. The first kappa shape index (κ1) is 9.09. The summed E-state index contributed by atoms with van der Waals surface area (Å²) >= 11 is 0. The van der Waals surface area contributed by atoms with Crippen LogP contribution in [-0.2, 0) is 0 Å². The minimum Gasteiger partial charge on any atom is -0.351 e. The third-order valence-electron chi connectivity index (χ3n) is 3.48. The Morgan fingerprint density at radius 3 is 3.20 bits per heavy atom. The fourth-order valence-corrected chi connectivity index (χ4v) is 2.72. The number of rotatable bonds is 1. The van der Waals surface area contributed by atoms with E-state index in [1.54, 1.807) is 0 Å². The first-order valence-electron chi connectivity index (χ1n) is 5.60. The van der Waals surface area contributed by atoms with Crippen LogP contribution in [0.15, 0.2) is 12.4 Å². The molecule has 80 valence electrons. The summed E-state index contributed by atoms with van der Waals surface area (Å²) in [5.74, 6) is 1.86. The van der Waals surface area contributed by atoms with E-state index in [9.17, 15) is 0 Å². The molecule has 3 heterocycles. The molecule has 2 aliphatic heterocycles. The molecule has 2 atom stereocenters. The van der Waals surface area contributed by atoms with Crippen molar-refractivity contribution in [2.45, 2.75) is 19.4 Å². The van der Waals surface area contributed by atoms with Crippen molar-refractivity contribution in [3.63, 3.8) is 0 Å². The van der Waals surface area contributed by atoms with Gasteiger partial charge in [0, 0.05) is 31.9 Å². The first-order chi connectivity index (χ1) is 7.34. The molecule has 0 spiro atoms. The largest absolute Gasteiger partial charge is 0.351 e. The molecule has 0 unspecified atom stereocenters. The molecule has 1 N–H and O–H groups in total. The normalized spacial score (nSPS) is 29.5. The summed E-state index contributed by atoms with van der Waals surface area (Å²) in [4.78, 5) is 11.2. The first-order valence-corrected chi connectivity index (χ1v) is 5.60. The molecule has 0 saturated carbocycles. The van der Waals surface area contributed by atoms with Gasteiger partial charge in [-0.15, -0.1) is 0 Å². The van der Waals surface area contributed by atoms with Crippen LogP contribution in [0.1, 0.15) is 12.1 Å². The Bertz CT molecular complexity index is 365. The second-order valence-corrected chi connectivity index (χ2v) is 4.49. The van der Waals surface area contributed by atoms with Gasteiger partial charge in [-0.2, -0.15) is 0 Å². The highest BCUT2D eigenvalue weighted by Crippen LogP contribution is 2.30. The molecule has 15 heavy (non-hydrogen) atoms. The molecule has 0 radical (unpaired) electrons. The number of anilines is 1. The molecule has 2 aliphatic rings. The van der Waals surface area contributed by atoms with Crippen LogP contribution in [0.3, 0.4) is 0 Å². The third-order valence-corrected chi connectivity index (χ3v) is 3.48. The molecule has 0 bridgehead atoms. The van der Waals surface area contributed by atoms with Crippen LogP contribution < -0.4 is 10.2 Å². The Labute approximate surface area is 89.7 Å². The zero-order valence-corrected chi connectivity index (χ0v) is 8.98. The summed E-state index contributed by atoms with van der Waals surface area (Å²) in [5.41, 5.74) is 1.00. The van der Waals surface area contributed by atoms with Gasteiger partial charge in [-0.25, -0.2) is 4.98 Å². The number of nitrogens with zero attached hydrogens (tertiary/aromatic N) is 3. The van der Waals surface area contributed by atoms with Crippen molar-refractivity contribution in [1.82, 2.24) is 15.3 Å². The smallest absolute Gasteiger partial charge is 0.147 e. The predicted molar refractivity (Wildman–Crippen MR) is 58.9 cm³/mol. The van der Waals surface area contributed by atoms with Crippen molar-refractivity contribution in [2.24, 2.45) is 5.92 Å². The van der Waals surface area contributed by atoms with E-state index in [-0.39, 0.29) is 0 Å². The summed E-state index contributed by atoms with van der Waals surface area (Å²) in [6.45, 7) is 5.40. The molecule has 3 rings (SSSR count). The number of hydrogen-bond donors (Lipinski definition) is 1. The fraction of sp³-hybridized carbons (Fsp3) is 0.636. The Hall–Kier alpha value is -1.16. The summed E-state index contributed by atoms with van der Waals surface area (Å²) < 4.78 is 0. The lowest BCUT2D eigenvalue weighted by Crippen LogP contribution is -2.34. The van der Waals surface area contributed by atoms with Crippen LogP contribution in [0.5, 0.6) is 0 Å². The molecule has 2 saturated heterocycles. The number of hydrogen-bond acceptors (Lipinski definition) is 4. The highest BCUT2D eigenvalue weighted by atomic mass is 15.3. The molecule has 2 fully saturated rings.